The summed E-state index contributed by atoms with van der Waals surface area (Å²) >= 11 is 0. The van der Waals surface area contributed by atoms with E-state index >= 15 is 0 Å². The van der Waals surface area contributed by atoms with Crippen molar-refractivity contribution in [3.05, 3.63) is 24.4 Å². The molecule has 0 aromatic heterocycles. The van der Waals surface area contributed by atoms with Crippen molar-refractivity contribution in [3.63, 3.8) is 0 Å². The highest BCUT2D eigenvalue weighted by Crippen LogP contribution is 2.48. The van der Waals surface area contributed by atoms with Crippen LogP contribution in [-0.4, -0.2) is 18.0 Å². The zero-order valence-electron chi connectivity index (χ0n) is 12.2. The molecule has 0 aromatic rings. The molecule has 2 rings (SSSR count). The first-order chi connectivity index (χ1) is 8.76. The molecule has 0 radical (unpaired) electrons. The molecule has 2 aliphatic carbocycles. The lowest BCUT2D eigenvalue weighted by Gasteiger charge is -2.27. The molecular formula is C17H29N. The van der Waals surface area contributed by atoms with Gasteiger partial charge in [0.1, 0.15) is 0 Å². The summed E-state index contributed by atoms with van der Waals surface area (Å²) < 4.78 is 0. The molecule has 1 heteroatoms. The Kier molecular flexibility index (Phi) is 4.91. The quantitative estimate of drug-likeness (QED) is 0.594. The van der Waals surface area contributed by atoms with Crippen molar-refractivity contribution in [1.29, 1.82) is 0 Å². The van der Waals surface area contributed by atoms with Crippen molar-refractivity contribution in [2.45, 2.75) is 52.4 Å². The largest absolute Gasteiger partial charge is 0.375 e. The lowest BCUT2D eigenvalue weighted by molar-refractivity contribution is 0.299. The number of hydrogen-bond donors (Lipinski definition) is 0. The van der Waals surface area contributed by atoms with Crippen LogP contribution in [0.1, 0.15) is 52.4 Å². The summed E-state index contributed by atoms with van der Waals surface area (Å²) in [6.45, 7) is 11.2. The Hall–Kier alpha value is -0.720. The zero-order chi connectivity index (χ0) is 13.0. The molecule has 1 nitrogen and oxygen atoms in total. The average molecular weight is 247 g/mol. The molecule has 0 spiro atoms. The maximum atomic E-state index is 4.23. The Morgan fingerprint density at radius 1 is 1.33 bits per heavy atom. The molecule has 1 fully saturated rings. The molecule has 3 atom stereocenters. The van der Waals surface area contributed by atoms with Gasteiger partial charge in [-0.2, -0.15) is 0 Å². The number of nitrogens with zero attached hydrogens (tertiary/aromatic N) is 1. The fourth-order valence-corrected chi connectivity index (χ4v) is 3.42. The maximum absolute atomic E-state index is 4.23. The highest BCUT2D eigenvalue weighted by Gasteiger charge is 2.42. The third-order valence-electron chi connectivity index (χ3n) is 4.70. The molecular weight excluding hydrogens is 218 g/mol. The molecule has 0 aliphatic heterocycles. The highest BCUT2D eigenvalue weighted by atomic mass is 15.1. The predicted octanol–water partition coefficient (Wildman–Crippen LogP) is 4.61. The molecule has 0 amide bonds. The van der Waals surface area contributed by atoms with Gasteiger partial charge < -0.3 is 4.90 Å². The van der Waals surface area contributed by atoms with E-state index in [0.29, 0.717) is 0 Å². The van der Waals surface area contributed by atoms with Crippen LogP contribution in [-0.2, 0) is 0 Å². The summed E-state index contributed by atoms with van der Waals surface area (Å²) in [6.07, 6.45) is 12.6. The van der Waals surface area contributed by atoms with Gasteiger partial charge in [0, 0.05) is 18.8 Å². The summed E-state index contributed by atoms with van der Waals surface area (Å²) in [4.78, 5) is 2.54. The van der Waals surface area contributed by atoms with Gasteiger partial charge in [0.05, 0.1) is 0 Å². The van der Waals surface area contributed by atoms with Gasteiger partial charge in [-0.05, 0) is 56.3 Å². The normalized spacial score (nSPS) is 30.2. The summed E-state index contributed by atoms with van der Waals surface area (Å²) in [7, 11) is 0. The van der Waals surface area contributed by atoms with E-state index in [0.717, 1.165) is 24.2 Å². The Labute approximate surface area is 113 Å². The first-order valence-corrected chi connectivity index (χ1v) is 7.84. The van der Waals surface area contributed by atoms with Gasteiger partial charge in [-0.25, -0.2) is 0 Å². The predicted molar refractivity (Wildman–Crippen MR) is 79.4 cm³/mol. The molecule has 2 aliphatic rings. The number of rotatable bonds is 7. The second-order valence-corrected chi connectivity index (χ2v) is 6.07. The highest BCUT2D eigenvalue weighted by molar-refractivity contribution is 5.02. The van der Waals surface area contributed by atoms with Gasteiger partial charge in [-0.15, -0.1) is 0 Å². The van der Waals surface area contributed by atoms with E-state index in [1.807, 2.05) is 0 Å². The molecule has 1 saturated carbocycles. The molecule has 18 heavy (non-hydrogen) atoms. The molecule has 0 saturated heterocycles. The zero-order valence-corrected chi connectivity index (χ0v) is 12.2. The summed E-state index contributed by atoms with van der Waals surface area (Å²) in [5.41, 5.74) is 1.34. The van der Waals surface area contributed by atoms with Crippen LogP contribution in [0.5, 0.6) is 0 Å². The smallest absolute Gasteiger partial charge is 0.0205 e. The SMILES string of the molecule is C=C(CC)N(CCC)CC1CC1C1CC=CCC1. The lowest BCUT2D eigenvalue weighted by atomic mass is 9.89. The van der Waals surface area contributed by atoms with E-state index in [1.54, 1.807) is 0 Å². The summed E-state index contributed by atoms with van der Waals surface area (Å²) in [5.74, 6) is 2.95. The topological polar surface area (TPSA) is 3.24 Å². The van der Waals surface area contributed by atoms with E-state index < -0.39 is 0 Å². The summed E-state index contributed by atoms with van der Waals surface area (Å²) in [5, 5.41) is 0. The molecule has 0 aromatic carbocycles. The van der Waals surface area contributed by atoms with Crippen LogP contribution in [0.4, 0.5) is 0 Å². The minimum Gasteiger partial charge on any atom is -0.375 e. The first-order valence-electron chi connectivity index (χ1n) is 7.84. The maximum Gasteiger partial charge on any atom is 0.0205 e. The van der Waals surface area contributed by atoms with Crippen molar-refractivity contribution >= 4 is 0 Å². The number of hydrogen-bond acceptors (Lipinski definition) is 1. The van der Waals surface area contributed by atoms with Crippen molar-refractivity contribution in [1.82, 2.24) is 4.90 Å². The van der Waals surface area contributed by atoms with Crippen LogP contribution in [0.2, 0.25) is 0 Å². The minimum absolute atomic E-state index is 0.955. The second-order valence-electron chi connectivity index (χ2n) is 6.07. The van der Waals surface area contributed by atoms with Crippen LogP contribution in [0, 0.1) is 17.8 Å². The van der Waals surface area contributed by atoms with E-state index in [9.17, 15) is 0 Å². The minimum atomic E-state index is 0.955. The fourth-order valence-electron chi connectivity index (χ4n) is 3.42. The Bertz CT molecular complexity index is 305. The standard InChI is InChI=1S/C17H29N/c1-4-11-18(14(3)5-2)13-16-12-17(16)15-9-7-6-8-10-15/h6-7,15-17H,3-5,8-13H2,1-2H3. The van der Waals surface area contributed by atoms with Crippen LogP contribution < -0.4 is 0 Å². The van der Waals surface area contributed by atoms with Crippen LogP contribution in [0.3, 0.4) is 0 Å². The molecule has 0 heterocycles. The van der Waals surface area contributed by atoms with Crippen LogP contribution in [0.25, 0.3) is 0 Å². The van der Waals surface area contributed by atoms with E-state index in [2.05, 4.69) is 37.5 Å². The van der Waals surface area contributed by atoms with Crippen molar-refractivity contribution in [2.24, 2.45) is 17.8 Å². The van der Waals surface area contributed by atoms with Crippen molar-refractivity contribution < 1.29 is 0 Å². The lowest BCUT2D eigenvalue weighted by Crippen LogP contribution is -2.26. The van der Waals surface area contributed by atoms with Crippen LogP contribution >= 0.6 is 0 Å². The second kappa shape index (κ2) is 6.45. The van der Waals surface area contributed by atoms with Crippen molar-refractivity contribution in [3.8, 4) is 0 Å². The average Bonchev–Trinajstić information content (AvgIpc) is 3.18. The molecule has 0 N–H and O–H groups in total. The molecule has 102 valence electrons. The Morgan fingerprint density at radius 2 is 2.17 bits per heavy atom. The van der Waals surface area contributed by atoms with E-state index in [-0.39, 0.29) is 0 Å². The first kappa shape index (κ1) is 13.7. The fraction of sp³-hybridized carbons (Fsp3) is 0.765. The summed E-state index contributed by atoms with van der Waals surface area (Å²) in [6, 6.07) is 0. The van der Waals surface area contributed by atoms with E-state index in [1.165, 1.54) is 50.9 Å². The third kappa shape index (κ3) is 3.40. The van der Waals surface area contributed by atoms with Gasteiger partial charge in [-0.1, -0.05) is 32.6 Å². The monoisotopic (exact) mass is 247 g/mol. The Balaban J connectivity index is 1.79. The van der Waals surface area contributed by atoms with Gasteiger partial charge in [0.15, 0.2) is 0 Å². The van der Waals surface area contributed by atoms with Crippen molar-refractivity contribution in [2.75, 3.05) is 13.1 Å². The van der Waals surface area contributed by atoms with Crippen LogP contribution in [0.15, 0.2) is 24.4 Å². The van der Waals surface area contributed by atoms with Gasteiger partial charge in [0.25, 0.3) is 0 Å². The van der Waals surface area contributed by atoms with Gasteiger partial charge >= 0.3 is 0 Å². The molecule has 3 unspecified atom stereocenters. The van der Waals surface area contributed by atoms with E-state index in [4.69, 9.17) is 0 Å². The number of allylic oxidation sites excluding steroid dienone is 3. The molecule has 0 bridgehead atoms. The Morgan fingerprint density at radius 3 is 2.78 bits per heavy atom. The third-order valence-corrected chi connectivity index (χ3v) is 4.70. The van der Waals surface area contributed by atoms with Gasteiger partial charge in [0.2, 0.25) is 0 Å². The van der Waals surface area contributed by atoms with Gasteiger partial charge in [-0.3, -0.25) is 0 Å².